The third-order valence-electron chi connectivity index (χ3n) is 5.99. The summed E-state index contributed by atoms with van der Waals surface area (Å²) >= 11 is 0. The lowest BCUT2D eigenvalue weighted by Crippen LogP contribution is -2.55. The SMILES string of the molecule is CC(=O)/C=C/C(=O)O.Cc1cc(-c2ccnc(Nc3cnn(C)c3)n2)ccc1CCC(=O)N1CC(OC(C)C)C1. The normalized spacial score (nSPS) is 13.1. The standard InChI is InChI=1S/C24H30N6O2.C5H6O3/c1-16(2)32-21-14-30(15-21)23(31)8-7-18-5-6-19(11-17(18)3)22-9-10-25-24(28-22)27-20-12-26-29(4)13-20;1-4(6)2-3-5(7)8/h5-6,9-13,16,21H,7-8,14-15H2,1-4H3,(H,25,27,28);2-3H,1H3,(H,7,8)/b;3-2+. The molecule has 0 saturated carbocycles. The van der Waals surface area contributed by atoms with Crippen molar-refractivity contribution in [1.82, 2.24) is 24.6 Å². The Morgan fingerprint density at radius 1 is 1.20 bits per heavy atom. The molecule has 11 heteroatoms. The van der Waals surface area contributed by atoms with Crippen LogP contribution in [0.25, 0.3) is 11.3 Å². The molecule has 40 heavy (non-hydrogen) atoms. The molecule has 1 fully saturated rings. The minimum absolute atomic E-state index is 0.186. The van der Waals surface area contributed by atoms with Gasteiger partial charge in [0.15, 0.2) is 5.78 Å². The number of nitrogens with one attached hydrogen (secondary N) is 1. The summed E-state index contributed by atoms with van der Waals surface area (Å²) in [7, 11) is 1.86. The number of allylic oxidation sites excluding steroid dienone is 1. The van der Waals surface area contributed by atoms with Gasteiger partial charge in [-0.15, -0.1) is 0 Å². The van der Waals surface area contributed by atoms with Gasteiger partial charge in [0, 0.05) is 50.6 Å². The molecule has 2 aromatic heterocycles. The van der Waals surface area contributed by atoms with Gasteiger partial charge in [0.25, 0.3) is 0 Å². The zero-order valence-corrected chi connectivity index (χ0v) is 23.5. The molecule has 3 aromatic rings. The van der Waals surface area contributed by atoms with E-state index >= 15 is 0 Å². The zero-order chi connectivity index (χ0) is 29.2. The fourth-order valence-electron chi connectivity index (χ4n) is 4.03. The van der Waals surface area contributed by atoms with Gasteiger partial charge >= 0.3 is 5.97 Å². The first-order chi connectivity index (χ1) is 19.0. The molecule has 0 aliphatic carbocycles. The summed E-state index contributed by atoms with van der Waals surface area (Å²) in [6.45, 7) is 8.83. The van der Waals surface area contributed by atoms with E-state index in [2.05, 4.69) is 45.5 Å². The number of benzene rings is 1. The molecule has 11 nitrogen and oxygen atoms in total. The van der Waals surface area contributed by atoms with Crippen LogP contribution < -0.4 is 5.32 Å². The summed E-state index contributed by atoms with van der Waals surface area (Å²) in [5, 5.41) is 15.2. The van der Waals surface area contributed by atoms with E-state index in [-0.39, 0.29) is 23.9 Å². The number of aryl methyl sites for hydroxylation is 3. The maximum absolute atomic E-state index is 12.5. The average Bonchev–Trinajstić information content (AvgIpc) is 3.28. The van der Waals surface area contributed by atoms with Crippen molar-refractivity contribution in [1.29, 1.82) is 0 Å². The van der Waals surface area contributed by atoms with E-state index in [4.69, 9.17) is 9.84 Å². The van der Waals surface area contributed by atoms with Crippen molar-refractivity contribution in [3.8, 4) is 11.3 Å². The van der Waals surface area contributed by atoms with E-state index in [1.54, 1.807) is 17.1 Å². The van der Waals surface area contributed by atoms with E-state index in [9.17, 15) is 14.4 Å². The van der Waals surface area contributed by atoms with Gasteiger partial charge < -0.3 is 20.1 Å². The van der Waals surface area contributed by atoms with E-state index in [0.29, 0.717) is 25.5 Å². The number of carbonyl (C=O) groups is 3. The van der Waals surface area contributed by atoms with E-state index < -0.39 is 5.97 Å². The topological polar surface area (TPSA) is 140 Å². The van der Waals surface area contributed by atoms with Gasteiger partial charge in [0.1, 0.15) is 0 Å². The predicted molar refractivity (Wildman–Crippen MR) is 151 cm³/mol. The molecule has 0 atom stereocenters. The molecule has 3 heterocycles. The minimum atomic E-state index is -1.10. The van der Waals surface area contributed by atoms with Crippen LogP contribution in [-0.4, -0.2) is 72.7 Å². The fraction of sp³-hybridized carbons (Fsp3) is 0.379. The van der Waals surface area contributed by atoms with Crippen molar-refractivity contribution in [3.63, 3.8) is 0 Å². The second-order valence-corrected chi connectivity index (χ2v) is 9.82. The van der Waals surface area contributed by atoms with Gasteiger partial charge in [0.2, 0.25) is 11.9 Å². The average molecular weight is 549 g/mol. The Kier molecular flexibility index (Phi) is 10.7. The number of ketones is 1. The molecular weight excluding hydrogens is 512 g/mol. The van der Waals surface area contributed by atoms with Crippen LogP contribution in [-0.2, 0) is 32.6 Å². The number of amides is 1. The van der Waals surface area contributed by atoms with Gasteiger partial charge in [-0.25, -0.2) is 14.8 Å². The summed E-state index contributed by atoms with van der Waals surface area (Å²) in [6, 6.07) is 8.16. The Bertz CT molecular complexity index is 1340. The zero-order valence-electron chi connectivity index (χ0n) is 23.5. The van der Waals surface area contributed by atoms with Crippen LogP contribution >= 0.6 is 0 Å². The van der Waals surface area contributed by atoms with Crippen LogP contribution in [0.15, 0.2) is 55.0 Å². The lowest BCUT2D eigenvalue weighted by Gasteiger charge is -2.40. The Morgan fingerprint density at radius 3 is 2.52 bits per heavy atom. The molecule has 0 radical (unpaired) electrons. The van der Waals surface area contributed by atoms with Gasteiger partial charge in [0.05, 0.1) is 29.8 Å². The number of hydrogen-bond donors (Lipinski definition) is 2. The number of hydrogen-bond acceptors (Lipinski definition) is 8. The highest BCUT2D eigenvalue weighted by atomic mass is 16.5. The van der Waals surface area contributed by atoms with Crippen LogP contribution in [0, 0.1) is 6.92 Å². The third-order valence-corrected chi connectivity index (χ3v) is 5.99. The number of ether oxygens (including phenoxy) is 1. The summed E-state index contributed by atoms with van der Waals surface area (Å²) < 4.78 is 7.45. The van der Waals surface area contributed by atoms with Gasteiger partial charge in [-0.1, -0.05) is 12.1 Å². The minimum Gasteiger partial charge on any atom is -0.478 e. The number of carboxylic acids is 1. The number of likely N-dealkylation sites (tertiary alicyclic amines) is 1. The number of carboxylic acid groups (broad SMARTS) is 1. The largest absolute Gasteiger partial charge is 0.478 e. The van der Waals surface area contributed by atoms with Gasteiger partial charge in [-0.05, 0) is 63.5 Å². The molecule has 4 rings (SSSR count). The highest BCUT2D eigenvalue weighted by Gasteiger charge is 2.31. The van der Waals surface area contributed by atoms with Crippen LogP contribution in [0.4, 0.5) is 11.6 Å². The van der Waals surface area contributed by atoms with Crippen LogP contribution in [0.5, 0.6) is 0 Å². The molecule has 1 saturated heterocycles. The van der Waals surface area contributed by atoms with Crippen molar-refractivity contribution in [3.05, 3.63) is 66.1 Å². The van der Waals surface area contributed by atoms with Crippen LogP contribution in [0.2, 0.25) is 0 Å². The van der Waals surface area contributed by atoms with Crippen molar-refractivity contribution >= 4 is 29.3 Å². The molecule has 1 aromatic carbocycles. The van der Waals surface area contributed by atoms with Gasteiger partial charge in [-0.2, -0.15) is 5.10 Å². The molecule has 0 unspecified atom stereocenters. The molecule has 2 N–H and O–H groups in total. The second-order valence-electron chi connectivity index (χ2n) is 9.82. The van der Waals surface area contributed by atoms with Crippen molar-refractivity contribution in [2.24, 2.45) is 7.05 Å². The quantitative estimate of drug-likeness (QED) is 0.363. The maximum Gasteiger partial charge on any atom is 0.328 e. The molecule has 1 amide bonds. The lowest BCUT2D eigenvalue weighted by atomic mass is 9.99. The van der Waals surface area contributed by atoms with Crippen molar-refractivity contribution in [2.75, 3.05) is 18.4 Å². The first-order valence-electron chi connectivity index (χ1n) is 13.0. The molecule has 0 spiro atoms. The third kappa shape index (κ3) is 9.42. The van der Waals surface area contributed by atoms with Crippen LogP contribution in [0.1, 0.15) is 38.3 Å². The van der Waals surface area contributed by atoms with Crippen molar-refractivity contribution < 1.29 is 24.2 Å². The van der Waals surface area contributed by atoms with E-state index in [0.717, 1.165) is 41.1 Å². The smallest absolute Gasteiger partial charge is 0.328 e. The lowest BCUT2D eigenvalue weighted by molar-refractivity contribution is -0.148. The molecule has 212 valence electrons. The fourth-order valence-corrected chi connectivity index (χ4v) is 4.03. The van der Waals surface area contributed by atoms with Crippen molar-refractivity contribution in [2.45, 2.75) is 52.7 Å². The van der Waals surface area contributed by atoms with Gasteiger partial charge in [-0.3, -0.25) is 14.3 Å². The summed E-state index contributed by atoms with van der Waals surface area (Å²) in [5.41, 5.74) is 5.03. The Hall–Kier alpha value is -4.38. The highest BCUT2D eigenvalue weighted by molar-refractivity contribution is 5.93. The number of rotatable bonds is 10. The number of nitrogens with zero attached hydrogens (tertiary/aromatic N) is 5. The molecule has 0 bridgehead atoms. The Balaban J connectivity index is 0.000000482. The number of carbonyl (C=O) groups excluding carboxylic acids is 2. The summed E-state index contributed by atoms with van der Waals surface area (Å²) in [4.78, 5) is 42.9. The first kappa shape index (κ1) is 30.2. The number of aliphatic carboxylic acids is 1. The van der Waals surface area contributed by atoms with E-state index in [1.807, 2.05) is 38.1 Å². The Morgan fingerprint density at radius 2 is 1.95 bits per heavy atom. The summed E-state index contributed by atoms with van der Waals surface area (Å²) in [5.74, 6) is -0.635. The predicted octanol–water partition coefficient (Wildman–Crippen LogP) is 3.71. The molecule has 1 aliphatic rings. The van der Waals surface area contributed by atoms with E-state index in [1.165, 1.54) is 12.5 Å². The number of anilines is 2. The van der Waals surface area contributed by atoms with Crippen LogP contribution in [0.3, 0.4) is 0 Å². The maximum atomic E-state index is 12.5. The number of aromatic nitrogens is 4. The second kappa shape index (κ2) is 14.1. The molecular formula is C29H36N6O5. The Labute approximate surface area is 233 Å². The molecule has 1 aliphatic heterocycles. The first-order valence-corrected chi connectivity index (χ1v) is 13.0. The monoisotopic (exact) mass is 548 g/mol. The highest BCUT2D eigenvalue weighted by Crippen LogP contribution is 2.23. The summed E-state index contributed by atoms with van der Waals surface area (Å²) in [6.07, 6.45) is 8.79.